The summed E-state index contributed by atoms with van der Waals surface area (Å²) in [6, 6.07) is 8.85. The molecular weight excluding hydrogens is 430 g/mol. The fraction of sp³-hybridized carbons (Fsp3) is 0.409. The van der Waals surface area contributed by atoms with Gasteiger partial charge in [-0.25, -0.2) is 13.4 Å². The lowest BCUT2D eigenvalue weighted by molar-refractivity contribution is 0.0827. The van der Waals surface area contributed by atoms with Crippen LogP contribution in [0.3, 0.4) is 0 Å². The molecule has 10 heteroatoms. The Labute approximate surface area is 188 Å². The number of amidine groups is 1. The van der Waals surface area contributed by atoms with E-state index in [2.05, 4.69) is 14.3 Å². The van der Waals surface area contributed by atoms with Crippen molar-refractivity contribution >= 4 is 27.6 Å². The monoisotopic (exact) mass is 457 g/mol. The number of rotatable bonds is 5. The van der Waals surface area contributed by atoms with E-state index in [9.17, 15) is 13.2 Å². The third-order valence-electron chi connectivity index (χ3n) is 5.66. The van der Waals surface area contributed by atoms with E-state index in [0.29, 0.717) is 29.0 Å². The Hall–Kier alpha value is -3.14. The Morgan fingerprint density at radius 2 is 2.12 bits per heavy atom. The van der Waals surface area contributed by atoms with Crippen LogP contribution in [0.1, 0.15) is 34.3 Å². The van der Waals surface area contributed by atoms with Crippen LogP contribution in [0, 0.1) is 5.92 Å². The molecule has 1 saturated heterocycles. The summed E-state index contributed by atoms with van der Waals surface area (Å²) in [5.74, 6) is 1.32. The van der Waals surface area contributed by atoms with Crippen molar-refractivity contribution in [2.75, 3.05) is 38.7 Å². The molecule has 9 nitrogen and oxygen atoms in total. The second-order valence-corrected chi connectivity index (χ2v) is 10.00. The van der Waals surface area contributed by atoms with E-state index in [-0.39, 0.29) is 23.4 Å². The molecule has 0 saturated carbocycles. The molecule has 0 spiro atoms. The van der Waals surface area contributed by atoms with Gasteiger partial charge >= 0.3 is 0 Å². The minimum atomic E-state index is -3.58. The highest BCUT2D eigenvalue weighted by atomic mass is 32.2. The van der Waals surface area contributed by atoms with Gasteiger partial charge in [-0.2, -0.15) is 0 Å². The molecule has 2 aliphatic heterocycles. The Bertz CT molecular complexity index is 1160. The number of carbonyl (C=O) groups excluding carboxylic acids is 1. The first-order valence-electron chi connectivity index (χ1n) is 10.5. The lowest BCUT2D eigenvalue weighted by Crippen LogP contribution is -2.38. The number of benzene rings is 1. The van der Waals surface area contributed by atoms with E-state index in [4.69, 9.17) is 10.5 Å². The van der Waals surface area contributed by atoms with Gasteiger partial charge in [0.1, 0.15) is 17.4 Å². The Morgan fingerprint density at radius 1 is 1.31 bits per heavy atom. The SMILES string of the molecule is CN(C)C(=O)c1ccnc(N2CCC[C@H](COc3cccc4c3C(N)=NS(=O)(=O)C4)C2)c1. The van der Waals surface area contributed by atoms with E-state index in [0.717, 1.165) is 31.7 Å². The van der Waals surface area contributed by atoms with E-state index in [1.807, 2.05) is 6.07 Å². The Balaban J connectivity index is 1.46. The number of ether oxygens (including phenoxy) is 1. The van der Waals surface area contributed by atoms with Gasteiger partial charge in [-0.1, -0.05) is 12.1 Å². The molecule has 4 rings (SSSR count). The lowest BCUT2D eigenvalue weighted by Gasteiger charge is -2.34. The van der Waals surface area contributed by atoms with Gasteiger partial charge in [0.25, 0.3) is 15.9 Å². The number of hydrogen-bond acceptors (Lipinski definition) is 7. The minimum Gasteiger partial charge on any atom is -0.492 e. The number of carbonyl (C=O) groups is 1. The van der Waals surface area contributed by atoms with Crippen molar-refractivity contribution in [2.24, 2.45) is 16.0 Å². The van der Waals surface area contributed by atoms with Crippen molar-refractivity contribution in [3.05, 3.63) is 53.2 Å². The Morgan fingerprint density at radius 3 is 2.91 bits per heavy atom. The summed E-state index contributed by atoms with van der Waals surface area (Å²) in [5, 5.41) is 0. The van der Waals surface area contributed by atoms with Gasteiger partial charge in [0.15, 0.2) is 0 Å². The number of pyridine rings is 1. The lowest BCUT2D eigenvalue weighted by atomic mass is 9.98. The zero-order valence-corrected chi connectivity index (χ0v) is 19.0. The van der Waals surface area contributed by atoms with Crippen LogP contribution in [0.5, 0.6) is 5.75 Å². The molecule has 2 N–H and O–H groups in total. The number of piperidine rings is 1. The van der Waals surface area contributed by atoms with Crippen molar-refractivity contribution in [3.63, 3.8) is 0 Å². The summed E-state index contributed by atoms with van der Waals surface area (Å²) >= 11 is 0. The predicted molar refractivity (Wildman–Crippen MR) is 122 cm³/mol. The number of nitrogens with zero attached hydrogens (tertiary/aromatic N) is 4. The molecule has 1 atom stereocenters. The van der Waals surface area contributed by atoms with Gasteiger partial charge < -0.3 is 20.3 Å². The van der Waals surface area contributed by atoms with Crippen LogP contribution in [0.25, 0.3) is 0 Å². The number of hydrogen-bond donors (Lipinski definition) is 1. The number of sulfonamides is 1. The summed E-state index contributed by atoms with van der Waals surface area (Å²) in [6.07, 6.45) is 3.65. The molecule has 170 valence electrons. The number of fused-ring (bicyclic) bond motifs is 1. The standard InChI is InChI=1S/C22H27N5O4S/c1-26(2)22(28)16-8-9-24-19(11-16)27-10-4-5-15(12-27)13-31-18-7-3-6-17-14-32(29,30)25-21(23)20(17)18/h3,6-9,11,15H,4-5,10,12-14H2,1-2H3,(H2,23,25)/t15-/m0/s1. The van der Waals surface area contributed by atoms with Gasteiger partial charge in [0.05, 0.1) is 17.9 Å². The van der Waals surface area contributed by atoms with Crippen LogP contribution in [0.4, 0.5) is 5.82 Å². The van der Waals surface area contributed by atoms with Gasteiger partial charge in [-0.05, 0) is 36.6 Å². The molecule has 1 amide bonds. The molecule has 3 heterocycles. The fourth-order valence-electron chi connectivity index (χ4n) is 4.13. The summed E-state index contributed by atoms with van der Waals surface area (Å²) in [6.45, 7) is 2.07. The van der Waals surface area contributed by atoms with Crippen molar-refractivity contribution in [1.29, 1.82) is 0 Å². The maximum absolute atomic E-state index is 12.3. The maximum Gasteiger partial charge on any atom is 0.259 e. The molecule has 0 aliphatic carbocycles. The largest absolute Gasteiger partial charge is 0.492 e. The van der Waals surface area contributed by atoms with Gasteiger partial charge in [-0.3, -0.25) is 4.79 Å². The van der Waals surface area contributed by atoms with E-state index >= 15 is 0 Å². The smallest absolute Gasteiger partial charge is 0.259 e. The highest BCUT2D eigenvalue weighted by Gasteiger charge is 2.27. The topological polar surface area (TPSA) is 118 Å². The van der Waals surface area contributed by atoms with Gasteiger partial charge in [0.2, 0.25) is 0 Å². The summed E-state index contributed by atoms with van der Waals surface area (Å²) in [7, 11) is -0.128. The van der Waals surface area contributed by atoms with Crippen molar-refractivity contribution in [1.82, 2.24) is 9.88 Å². The second-order valence-electron chi connectivity index (χ2n) is 8.36. The van der Waals surface area contributed by atoms with Crippen molar-refractivity contribution < 1.29 is 17.9 Å². The zero-order valence-electron chi connectivity index (χ0n) is 18.2. The van der Waals surface area contributed by atoms with Crippen LogP contribution in [-0.2, 0) is 15.8 Å². The summed E-state index contributed by atoms with van der Waals surface area (Å²) in [4.78, 5) is 20.5. The van der Waals surface area contributed by atoms with Crippen molar-refractivity contribution in [3.8, 4) is 5.75 Å². The molecule has 32 heavy (non-hydrogen) atoms. The molecule has 2 aromatic rings. The quantitative estimate of drug-likeness (QED) is 0.725. The molecule has 1 fully saturated rings. The molecule has 0 bridgehead atoms. The third-order valence-corrected chi connectivity index (χ3v) is 6.81. The predicted octanol–water partition coefficient (Wildman–Crippen LogP) is 1.63. The second kappa shape index (κ2) is 8.78. The molecule has 0 radical (unpaired) electrons. The molecule has 1 aromatic heterocycles. The number of nitrogens with two attached hydrogens (primary N) is 1. The normalized spacial score (nSPS) is 19.6. The highest BCUT2D eigenvalue weighted by Crippen LogP contribution is 2.29. The van der Waals surface area contributed by atoms with Crippen LogP contribution in [0.2, 0.25) is 0 Å². The van der Waals surface area contributed by atoms with Gasteiger partial charge in [-0.15, -0.1) is 4.40 Å². The Kier molecular flexibility index (Phi) is 6.05. The first-order chi connectivity index (χ1) is 15.2. The van der Waals surface area contributed by atoms with Crippen LogP contribution in [0.15, 0.2) is 40.9 Å². The third kappa shape index (κ3) is 4.69. The first kappa shape index (κ1) is 22.1. The first-order valence-corrected chi connectivity index (χ1v) is 12.1. The van der Waals surface area contributed by atoms with Crippen molar-refractivity contribution in [2.45, 2.75) is 18.6 Å². The average Bonchev–Trinajstić information content (AvgIpc) is 2.76. The number of amides is 1. The van der Waals surface area contributed by atoms with Crippen LogP contribution < -0.4 is 15.4 Å². The number of anilines is 1. The highest BCUT2D eigenvalue weighted by molar-refractivity contribution is 7.89. The van der Waals surface area contributed by atoms with E-state index in [1.54, 1.807) is 49.5 Å². The number of aromatic nitrogens is 1. The van der Waals surface area contributed by atoms with Crippen LogP contribution >= 0.6 is 0 Å². The van der Waals surface area contributed by atoms with Gasteiger partial charge in [0, 0.05) is 44.9 Å². The maximum atomic E-state index is 12.3. The zero-order chi connectivity index (χ0) is 22.9. The molecular formula is C22H27N5O4S. The minimum absolute atomic E-state index is 0.0290. The van der Waals surface area contributed by atoms with E-state index in [1.165, 1.54) is 0 Å². The average molecular weight is 458 g/mol. The molecule has 2 aliphatic rings. The van der Waals surface area contributed by atoms with E-state index < -0.39 is 10.0 Å². The molecule has 1 aromatic carbocycles. The molecule has 0 unspecified atom stereocenters. The summed E-state index contributed by atoms with van der Waals surface area (Å²) in [5.41, 5.74) is 7.71. The fourth-order valence-corrected chi connectivity index (χ4v) is 5.22. The summed E-state index contributed by atoms with van der Waals surface area (Å²) < 4.78 is 33.5. The van der Waals surface area contributed by atoms with Crippen LogP contribution in [-0.4, -0.2) is 63.8 Å².